The molecular formula is C19H24F4N2O4. The van der Waals surface area contributed by atoms with E-state index in [4.69, 9.17) is 14.6 Å². The van der Waals surface area contributed by atoms with Gasteiger partial charge in [0.2, 0.25) is 0 Å². The first kappa shape index (κ1) is 23.1. The minimum atomic E-state index is -5.08. The summed E-state index contributed by atoms with van der Waals surface area (Å²) in [4.78, 5) is 25.7. The number of benzene rings is 1. The maximum Gasteiger partial charge on any atom is 0.490 e. The summed E-state index contributed by atoms with van der Waals surface area (Å²) in [6.07, 6.45) is -3.04. The van der Waals surface area contributed by atoms with Crippen LogP contribution in [0.3, 0.4) is 0 Å². The molecule has 1 unspecified atom stereocenters. The molecule has 3 rings (SSSR count). The fraction of sp³-hybridized carbons (Fsp3) is 0.579. The number of carboxylic acids is 1. The topological polar surface area (TPSA) is 70.1 Å². The number of hydrogen-bond acceptors (Lipinski definition) is 4. The smallest absolute Gasteiger partial charge is 0.475 e. The summed E-state index contributed by atoms with van der Waals surface area (Å²) in [6.45, 7) is 4.74. The van der Waals surface area contributed by atoms with Crippen molar-refractivity contribution in [1.82, 2.24) is 9.80 Å². The molecule has 1 amide bonds. The summed E-state index contributed by atoms with van der Waals surface area (Å²) in [5, 5.41) is 7.12. The van der Waals surface area contributed by atoms with E-state index in [2.05, 4.69) is 11.9 Å². The first-order valence-electron chi connectivity index (χ1n) is 9.14. The zero-order chi connectivity index (χ0) is 21.7. The van der Waals surface area contributed by atoms with E-state index in [9.17, 15) is 22.4 Å². The Hall–Kier alpha value is -2.20. The first-order valence-corrected chi connectivity index (χ1v) is 9.14. The maximum atomic E-state index is 13.4. The van der Waals surface area contributed by atoms with Crippen LogP contribution in [0.4, 0.5) is 17.6 Å². The molecule has 2 saturated heterocycles. The summed E-state index contributed by atoms with van der Waals surface area (Å²) >= 11 is 0. The van der Waals surface area contributed by atoms with Crippen LogP contribution in [0.25, 0.3) is 0 Å². The fourth-order valence-electron chi connectivity index (χ4n) is 3.64. The normalized spacial score (nSPS) is 23.1. The third-order valence-corrected chi connectivity index (χ3v) is 4.89. The number of piperidine rings is 1. The number of likely N-dealkylation sites (tertiary alicyclic amines) is 1. The van der Waals surface area contributed by atoms with E-state index in [1.165, 1.54) is 12.1 Å². The SMILES string of the molecule is CN1CCOCC2(CCCN(C(=O)c3cccc(F)c3)C2)C1.O=C(O)C(F)(F)F. The lowest BCUT2D eigenvalue weighted by atomic mass is 9.80. The molecule has 29 heavy (non-hydrogen) atoms. The molecule has 0 aliphatic carbocycles. The van der Waals surface area contributed by atoms with E-state index in [0.29, 0.717) is 18.7 Å². The molecule has 2 aliphatic heterocycles. The molecule has 2 aliphatic rings. The number of aliphatic carboxylic acids is 1. The average Bonchev–Trinajstić information content (AvgIpc) is 2.81. The van der Waals surface area contributed by atoms with Gasteiger partial charge in [0.15, 0.2) is 0 Å². The number of carbonyl (C=O) groups excluding carboxylic acids is 1. The highest BCUT2D eigenvalue weighted by atomic mass is 19.4. The van der Waals surface area contributed by atoms with Crippen molar-refractivity contribution >= 4 is 11.9 Å². The van der Waals surface area contributed by atoms with Gasteiger partial charge >= 0.3 is 12.1 Å². The van der Waals surface area contributed by atoms with Crippen LogP contribution in [0.1, 0.15) is 23.2 Å². The highest BCUT2D eigenvalue weighted by Crippen LogP contribution is 2.33. The highest BCUT2D eigenvalue weighted by Gasteiger charge is 2.40. The molecule has 0 radical (unpaired) electrons. The Morgan fingerprint density at radius 2 is 1.90 bits per heavy atom. The van der Waals surface area contributed by atoms with Crippen LogP contribution < -0.4 is 0 Å². The zero-order valence-corrected chi connectivity index (χ0v) is 16.0. The molecule has 1 spiro atoms. The number of likely N-dealkylation sites (N-methyl/N-ethyl adjacent to an activating group) is 1. The number of halogens is 4. The summed E-state index contributed by atoms with van der Waals surface area (Å²) in [5.41, 5.74) is 0.437. The second kappa shape index (κ2) is 9.53. The summed E-state index contributed by atoms with van der Waals surface area (Å²) in [6, 6.07) is 5.95. The predicted octanol–water partition coefficient (Wildman–Crippen LogP) is 2.64. The Bertz CT molecular complexity index is 728. The Morgan fingerprint density at radius 3 is 2.52 bits per heavy atom. The summed E-state index contributed by atoms with van der Waals surface area (Å²) in [5.74, 6) is -3.20. The van der Waals surface area contributed by atoms with Gasteiger partial charge in [0.05, 0.1) is 13.2 Å². The molecule has 1 N–H and O–H groups in total. The molecule has 10 heteroatoms. The van der Waals surface area contributed by atoms with Crippen LogP contribution >= 0.6 is 0 Å². The van der Waals surface area contributed by atoms with Gasteiger partial charge in [-0.3, -0.25) is 4.79 Å². The largest absolute Gasteiger partial charge is 0.490 e. The molecule has 1 atom stereocenters. The molecule has 0 saturated carbocycles. The summed E-state index contributed by atoms with van der Waals surface area (Å²) in [7, 11) is 2.10. The zero-order valence-electron chi connectivity index (χ0n) is 16.0. The van der Waals surface area contributed by atoms with Crippen molar-refractivity contribution < 1.29 is 37.0 Å². The minimum Gasteiger partial charge on any atom is -0.475 e. The van der Waals surface area contributed by atoms with E-state index >= 15 is 0 Å². The molecule has 1 aromatic carbocycles. The van der Waals surface area contributed by atoms with Gasteiger partial charge in [-0.15, -0.1) is 0 Å². The monoisotopic (exact) mass is 420 g/mol. The van der Waals surface area contributed by atoms with Crippen molar-refractivity contribution in [2.24, 2.45) is 5.41 Å². The van der Waals surface area contributed by atoms with Gasteiger partial charge in [-0.2, -0.15) is 13.2 Å². The standard InChI is InChI=1S/C17H23FN2O2.C2HF3O2/c1-19-8-9-22-13-17(11-19)6-3-7-20(12-17)16(21)14-4-2-5-15(18)10-14;3-2(4,5)1(6)7/h2,4-5,10H,3,6-9,11-13H2,1H3;(H,6,7). The number of rotatable bonds is 1. The van der Waals surface area contributed by atoms with Crippen molar-refractivity contribution in [1.29, 1.82) is 0 Å². The molecular weight excluding hydrogens is 396 g/mol. The van der Waals surface area contributed by atoms with Gasteiger partial charge in [0, 0.05) is 37.2 Å². The molecule has 0 bridgehead atoms. The van der Waals surface area contributed by atoms with E-state index in [-0.39, 0.29) is 17.1 Å². The van der Waals surface area contributed by atoms with Crippen LogP contribution in [0.5, 0.6) is 0 Å². The molecule has 2 heterocycles. The van der Waals surface area contributed by atoms with Crippen molar-refractivity contribution in [2.75, 3.05) is 46.4 Å². The van der Waals surface area contributed by atoms with Gasteiger partial charge in [-0.05, 0) is 38.1 Å². The van der Waals surface area contributed by atoms with Crippen LogP contribution in [-0.2, 0) is 9.53 Å². The van der Waals surface area contributed by atoms with Crippen LogP contribution in [0, 0.1) is 11.2 Å². The van der Waals surface area contributed by atoms with Crippen molar-refractivity contribution in [3.05, 3.63) is 35.6 Å². The molecule has 162 valence electrons. The number of hydrogen-bond donors (Lipinski definition) is 1. The van der Waals surface area contributed by atoms with E-state index in [1.54, 1.807) is 12.1 Å². The van der Waals surface area contributed by atoms with Gasteiger partial charge in [0.25, 0.3) is 5.91 Å². The Balaban J connectivity index is 0.000000370. The van der Waals surface area contributed by atoms with E-state index in [1.807, 2.05) is 4.90 Å². The summed E-state index contributed by atoms with van der Waals surface area (Å²) < 4.78 is 50.9. The number of alkyl halides is 3. The Morgan fingerprint density at radius 1 is 1.21 bits per heavy atom. The van der Waals surface area contributed by atoms with E-state index in [0.717, 1.165) is 39.1 Å². The average molecular weight is 420 g/mol. The van der Waals surface area contributed by atoms with E-state index < -0.39 is 12.1 Å². The maximum absolute atomic E-state index is 13.4. The number of nitrogens with zero attached hydrogens (tertiary/aromatic N) is 2. The Kier molecular flexibility index (Phi) is 7.59. The molecule has 2 fully saturated rings. The fourth-order valence-corrected chi connectivity index (χ4v) is 3.64. The molecule has 6 nitrogen and oxygen atoms in total. The van der Waals surface area contributed by atoms with Crippen molar-refractivity contribution in [3.63, 3.8) is 0 Å². The number of amides is 1. The van der Waals surface area contributed by atoms with Gasteiger partial charge in [0.1, 0.15) is 5.82 Å². The number of carboxylic acid groups (broad SMARTS) is 1. The first-order chi connectivity index (χ1) is 13.5. The van der Waals surface area contributed by atoms with Crippen molar-refractivity contribution in [3.8, 4) is 0 Å². The third kappa shape index (κ3) is 6.67. The predicted molar refractivity (Wildman–Crippen MR) is 96.0 cm³/mol. The van der Waals surface area contributed by atoms with Gasteiger partial charge in [-0.1, -0.05) is 6.07 Å². The lowest BCUT2D eigenvalue weighted by molar-refractivity contribution is -0.192. The second-order valence-corrected chi connectivity index (χ2v) is 7.43. The lowest BCUT2D eigenvalue weighted by Crippen LogP contribution is -2.51. The number of ether oxygens (including phenoxy) is 1. The van der Waals surface area contributed by atoms with Gasteiger partial charge < -0.3 is 19.6 Å². The molecule has 0 aromatic heterocycles. The van der Waals surface area contributed by atoms with Crippen LogP contribution in [-0.4, -0.2) is 79.4 Å². The highest BCUT2D eigenvalue weighted by molar-refractivity contribution is 5.94. The van der Waals surface area contributed by atoms with Crippen LogP contribution in [0.15, 0.2) is 24.3 Å². The Labute approximate surface area is 166 Å². The van der Waals surface area contributed by atoms with Crippen LogP contribution in [0.2, 0.25) is 0 Å². The minimum absolute atomic E-state index is 0.00643. The van der Waals surface area contributed by atoms with Gasteiger partial charge in [-0.25, -0.2) is 9.18 Å². The third-order valence-electron chi connectivity index (χ3n) is 4.89. The lowest BCUT2D eigenvalue weighted by Gasteiger charge is -2.43. The number of carbonyl (C=O) groups is 2. The van der Waals surface area contributed by atoms with Crippen molar-refractivity contribution in [2.45, 2.75) is 19.0 Å². The quantitative estimate of drug-likeness (QED) is 0.708. The second-order valence-electron chi connectivity index (χ2n) is 7.43. The molecule has 1 aromatic rings.